The average molecular weight is 415 g/mol. The maximum Gasteiger partial charge on any atom is 0.401 e. The molecule has 1 amide bonds. The predicted molar refractivity (Wildman–Crippen MR) is 110 cm³/mol. The number of carbonyl (C=O) groups is 1. The highest BCUT2D eigenvalue weighted by atomic mass is 19.4. The number of amides is 1. The number of alkyl halides is 3. The van der Waals surface area contributed by atoms with E-state index in [9.17, 15) is 18.0 Å². The molecule has 0 atom stereocenters. The molecule has 4 nitrogen and oxygen atoms in total. The topological polar surface area (TPSA) is 28.5 Å². The van der Waals surface area contributed by atoms with Gasteiger partial charge in [0.05, 0.1) is 6.54 Å². The summed E-state index contributed by atoms with van der Waals surface area (Å²) in [5, 5.41) is 0.977. The van der Waals surface area contributed by atoms with E-state index >= 15 is 0 Å². The lowest BCUT2D eigenvalue weighted by Gasteiger charge is -2.23. The Morgan fingerprint density at radius 1 is 0.900 bits per heavy atom. The van der Waals surface area contributed by atoms with Crippen molar-refractivity contribution in [3.8, 4) is 0 Å². The van der Waals surface area contributed by atoms with Gasteiger partial charge in [0.25, 0.3) is 5.91 Å². The number of nitrogens with zero attached hydrogens (tertiary/aromatic N) is 3. The monoisotopic (exact) mass is 415 g/mol. The highest BCUT2D eigenvalue weighted by Gasteiger charge is 2.32. The molecule has 30 heavy (non-hydrogen) atoms. The lowest BCUT2D eigenvalue weighted by atomic mass is 10.2. The van der Waals surface area contributed by atoms with E-state index in [1.807, 2.05) is 65.2 Å². The van der Waals surface area contributed by atoms with Crippen molar-refractivity contribution in [1.29, 1.82) is 0 Å². The van der Waals surface area contributed by atoms with Crippen molar-refractivity contribution in [2.75, 3.05) is 32.7 Å². The molecule has 0 bridgehead atoms. The normalized spacial score (nSPS) is 16.0. The zero-order valence-corrected chi connectivity index (χ0v) is 16.6. The third-order valence-electron chi connectivity index (χ3n) is 5.49. The maximum atomic E-state index is 13.4. The number of aromatic nitrogens is 1. The van der Waals surface area contributed by atoms with Crippen LogP contribution in [0.15, 0.2) is 60.7 Å². The second kappa shape index (κ2) is 8.52. The lowest BCUT2D eigenvalue weighted by molar-refractivity contribution is -0.145. The Labute approximate surface area is 173 Å². The minimum absolute atomic E-state index is 0.129. The smallest absolute Gasteiger partial charge is 0.336 e. The summed E-state index contributed by atoms with van der Waals surface area (Å²) in [6.07, 6.45) is -3.69. The summed E-state index contributed by atoms with van der Waals surface area (Å²) in [7, 11) is 0. The molecule has 7 heteroatoms. The fraction of sp³-hybridized carbons (Fsp3) is 0.348. The number of fused-ring (bicyclic) bond motifs is 1. The minimum Gasteiger partial charge on any atom is -0.336 e. The van der Waals surface area contributed by atoms with Crippen LogP contribution >= 0.6 is 0 Å². The fourth-order valence-electron chi connectivity index (χ4n) is 4.07. The lowest BCUT2D eigenvalue weighted by Crippen LogP contribution is -2.39. The van der Waals surface area contributed by atoms with Gasteiger partial charge in [0, 0.05) is 43.6 Å². The molecule has 1 saturated heterocycles. The highest BCUT2D eigenvalue weighted by molar-refractivity contribution is 5.98. The van der Waals surface area contributed by atoms with Gasteiger partial charge in [-0.3, -0.25) is 9.69 Å². The largest absolute Gasteiger partial charge is 0.401 e. The van der Waals surface area contributed by atoms with Crippen LogP contribution in [0.1, 0.15) is 22.5 Å². The van der Waals surface area contributed by atoms with E-state index in [0.717, 1.165) is 16.5 Å². The van der Waals surface area contributed by atoms with E-state index in [2.05, 4.69) is 0 Å². The average Bonchev–Trinajstić information content (AvgIpc) is 2.91. The van der Waals surface area contributed by atoms with Crippen molar-refractivity contribution in [3.63, 3.8) is 0 Å². The first-order valence-electron chi connectivity index (χ1n) is 10.1. The number of carbonyl (C=O) groups excluding carboxylic acids is 1. The van der Waals surface area contributed by atoms with Crippen LogP contribution in [0, 0.1) is 0 Å². The van der Waals surface area contributed by atoms with Gasteiger partial charge < -0.3 is 9.47 Å². The third kappa shape index (κ3) is 4.67. The Balaban J connectivity index is 1.59. The molecule has 0 aliphatic carbocycles. The van der Waals surface area contributed by atoms with Crippen LogP contribution in [0.2, 0.25) is 0 Å². The maximum absolute atomic E-state index is 13.4. The zero-order valence-electron chi connectivity index (χ0n) is 16.6. The van der Waals surface area contributed by atoms with Crippen LogP contribution in [0.4, 0.5) is 13.2 Å². The van der Waals surface area contributed by atoms with Gasteiger partial charge in [-0.2, -0.15) is 13.2 Å². The van der Waals surface area contributed by atoms with Crippen molar-refractivity contribution in [3.05, 3.63) is 71.9 Å². The van der Waals surface area contributed by atoms with E-state index in [4.69, 9.17) is 0 Å². The molecule has 0 saturated carbocycles. The third-order valence-corrected chi connectivity index (χ3v) is 5.49. The molecule has 1 aromatic heterocycles. The van der Waals surface area contributed by atoms with E-state index < -0.39 is 12.7 Å². The van der Waals surface area contributed by atoms with Crippen molar-refractivity contribution in [1.82, 2.24) is 14.4 Å². The number of benzene rings is 2. The molecule has 1 fully saturated rings. The van der Waals surface area contributed by atoms with Crippen LogP contribution in [0.5, 0.6) is 0 Å². The molecule has 0 spiro atoms. The van der Waals surface area contributed by atoms with Gasteiger partial charge in [-0.25, -0.2) is 0 Å². The number of halogens is 3. The summed E-state index contributed by atoms with van der Waals surface area (Å²) in [4.78, 5) is 16.5. The predicted octanol–water partition coefficient (Wildman–Crippen LogP) is 4.40. The molecule has 2 heterocycles. The minimum atomic E-state index is -4.22. The molecule has 158 valence electrons. The highest BCUT2D eigenvalue weighted by Crippen LogP contribution is 2.24. The molecule has 0 N–H and O–H groups in total. The Hall–Kier alpha value is -2.80. The fourth-order valence-corrected chi connectivity index (χ4v) is 4.07. The van der Waals surface area contributed by atoms with Crippen molar-refractivity contribution in [2.24, 2.45) is 0 Å². The first-order valence-corrected chi connectivity index (χ1v) is 10.1. The second-order valence-corrected chi connectivity index (χ2v) is 7.70. The van der Waals surface area contributed by atoms with E-state index in [-0.39, 0.29) is 12.5 Å². The summed E-state index contributed by atoms with van der Waals surface area (Å²) in [5.74, 6) is -0.129. The van der Waals surface area contributed by atoms with Crippen LogP contribution in [-0.2, 0) is 6.54 Å². The summed E-state index contributed by atoms with van der Waals surface area (Å²) < 4.78 is 40.2. The quantitative estimate of drug-likeness (QED) is 0.632. The van der Waals surface area contributed by atoms with E-state index in [0.29, 0.717) is 38.3 Å². The van der Waals surface area contributed by atoms with Crippen LogP contribution in [0.25, 0.3) is 10.9 Å². The van der Waals surface area contributed by atoms with Crippen LogP contribution in [0.3, 0.4) is 0 Å². The molecule has 0 unspecified atom stereocenters. The Morgan fingerprint density at radius 2 is 1.63 bits per heavy atom. The van der Waals surface area contributed by atoms with Gasteiger partial charge in [0.2, 0.25) is 0 Å². The molecule has 0 radical (unpaired) electrons. The Kier molecular flexibility index (Phi) is 5.81. The zero-order chi connectivity index (χ0) is 21.1. The van der Waals surface area contributed by atoms with Gasteiger partial charge in [-0.15, -0.1) is 0 Å². The van der Waals surface area contributed by atoms with E-state index in [1.165, 1.54) is 4.90 Å². The molecular formula is C23H24F3N3O. The van der Waals surface area contributed by atoms with Gasteiger partial charge in [-0.1, -0.05) is 48.5 Å². The first kappa shape index (κ1) is 20.5. The summed E-state index contributed by atoms with van der Waals surface area (Å²) >= 11 is 0. The van der Waals surface area contributed by atoms with Gasteiger partial charge in [0.1, 0.15) is 5.69 Å². The Morgan fingerprint density at radius 3 is 2.40 bits per heavy atom. The van der Waals surface area contributed by atoms with Crippen LogP contribution < -0.4 is 0 Å². The SMILES string of the molecule is O=C(c1cc2ccccc2n1Cc1ccccc1)N1CCCN(CC(F)(F)F)CC1. The summed E-state index contributed by atoms with van der Waals surface area (Å²) in [6, 6.07) is 19.6. The second-order valence-electron chi connectivity index (χ2n) is 7.70. The molecule has 3 aromatic rings. The molecule has 1 aliphatic heterocycles. The molecular weight excluding hydrogens is 391 g/mol. The summed E-state index contributed by atoms with van der Waals surface area (Å²) in [6.45, 7) is 0.953. The van der Waals surface area contributed by atoms with Crippen molar-refractivity contribution < 1.29 is 18.0 Å². The number of para-hydroxylation sites is 1. The summed E-state index contributed by atoms with van der Waals surface area (Å²) in [5.41, 5.74) is 2.63. The number of rotatable bonds is 4. The van der Waals surface area contributed by atoms with Gasteiger partial charge in [0.15, 0.2) is 0 Å². The van der Waals surface area contributed by atoms with E-state index in [1.54, 1.807) is 4.90 Å². The molecule has 4 rings (SSSR count). The number of hydrogen-bond donors (Lipinski definition) is 0. The standard InChI is InChI=1S/C23H24F3N3O/c24-23(25,26)17-27-11-6-12-28(14-13-27)22(30)21-15-19-9-4-5-10-20(19)29(21)16-18-7-2-1-3-8-18/h1-5,7-10,15H,6,11-14,16-17H2. The first-order chi connectivity index (χ1) is 14.4. The van der Waals surface area contributed by atoms with Crippen molar-refractivity contribution >= 4 is 16.8 Å². The number of hydrogen-bond acceptors (Lipinski definition) is 2. The van der Waals surface area contributed by atoms with Crippen LogP contribution in [-0.4, -0.2) is 59.2 Å². The molecule has 2 aromatic carbocycles. The van der Waals surface area contributed by atoms with Crippen molar-refractivity contribution in [2.45, 2.75) is 19.1 Å². The van der Waals surface area contributed by atoms with Gasteiger partial charge in [-0.05, 0) is 24.1 Å². The Bertz CT molecular complexity index is 1010. The van der Waals surface area contributed by atoms with Gasteiger partial charge >= 0.3 is 6.18 Å². The molecule has 1 aliphatic rings.